The van der Waals surface area contributed by atoms with Crippen LogP contribution < -0.4 is 18.9 Å². The number of aromatic nitrogens is 1. The number of amides is 2. The molecule has 0 fully saturated rings. The highest BCUT2D eigenvalue weighted by Crippen LogP contribution is 2.30. The van der Waals surface area contributed by atoms with Crippen LogP contribution in [0.2, 0.25) is 0 Å². The predicted molar refractivity (Wildman–Crippen MR) is 166 cm³/mol. The van der Waals surface area contributed by atoms with Gasteiger partial charge in [-0.2, -0.15) is 13.1 Å². The topological polar surface area (TPSA) is 127 Å². The van der Waals surface area contributed by atoms with Crippen molar-refractivity contribution >= 4 is 33.4 Å². The quantitative estimate of drug-likeness (QED) is 0.212. The number of nitrogens with zero attached hydrogens (tertiary/aromatic N) is 2. The number of hydrogen-bond donors (Lipinski definition) is 2. The molecule has 0 radical (unpaired) electrons. The standard InChI is InChI=1S/C31H34N4O6S2/c1-22-27(40-2)17-25(18-28(22)41-3)31(37)35(16-10-15-23-11-6-4-7-12-23)20-29-33-26(21-42-29)30(36)34-43(38,39)32-19-24-13-8-5-9-14-24/h4-9,11-14,17-18,21,32H,10,15-16,19-20H2,1-3H3,(H,34,36). The van der Waals surface area contributed by atoms with Gasteiger partial charge in [0.05, 0.1) is 20.8 Å². The van der Waals surface area contributed by atoms with Crippen molar-refractivity contribution in [3.8, 4) is 11.5 Å². The van der Waals surface area contributed by atoms with Gasteiger partial charge in [0, 0.05) is 29.6 Å². The molecule has 3 aromatic carbocycles. The highest BCUT2D eigenvalue weighted by atomic mass is 32.2. The van der Waals surface area contributed by atoms with Crippen LogP contribution in [0.5, 0.6) is 11.5 Å². The predicted octanol–water partition coefficient (Wildman–Crippen LogP) is 4.51. The minimum atomic E-state index is -4.12. The zero-order valence-corrected chi connectivity index (χ0v) is 25.8. The fraction of sp³-hybridized carbons (Fsp3) is 0.258. The molecule has 4 rings (SSSR count). The van der Waals surface area contributed by atoms with E-state index in [0.717, 1.165) is 23.1 Å². The molecule has 10 nitrogen and oxygen atoms in total. The molecule has 1 aromatic heterocycles. The summed E-state index contributed by atoms with van der Waals surface area (Å²) in [4.78, 5) is 32.5. The van der Waals surface area contributed by atoms with Crippen molar-refractivity contribution in [2.24, 2.45) is 0 Å². The Hall–Kier alpha value is -4.26. The molecule has 0 bridgehead atoms. The van der Waals surface area contributed by atoms with Crippen LogP contribution in [0, 0.1) is 6.92 Å². The third-order valence-corrected chi connectivity index (χ3v) is 8.48. The summed E-state index contributed by atoms with van der Waals surface area (Å²) in [5.41, 5.74) is 3.02. The summed E-state index contributed by atoms with van der Waals surface area (Å²) in [6.07, 6.45) is 1.46. The molecule has 43 heavy (non-hydrogen) atoms. The van der Waals surface area contributed by atoms with Gasteiger partial charge >= 0.3 is 10.2 Å². The number of aryl methyl sites for hydroxylation is 1. The first-order valence-electron chi connectivity index (χ1n) is 13.5. The summed E-state index contributed by atoms with van der Waals surface area (Å²) in [6, 6.07) is 22.3. The minimum absolute atomic E-state index is 0.0282. The maximum absolute atomic E-state index is 13.8. The van der Waals surface area contributed by atoms with Crippen molar-refractivity contribution in [2.45, 2.75) is 32.9 Å². The Kier molecular flexibility index (Phi) is 10.9. The lowest BCUT2D eigenvalue weighted by Gasteiger charge is -2.23. The van der Waals surface area contributed by atoms with Gasteiger partial charge < -0.3 is 14.4 Å². The third-order valence-electron chi connectivity index (χ3n) is 6.67. The van der Waals surface area contributed by atoms with Gasteiger partial charge in [0.15, 0.2) is 0 Å². The van der Waals surface area contributed by atoms with Crippen LogP contribution in [0.15, 0.2) is 78.2 Å². The number of hydrogen-bond acceptors (Lipinski definition) is 8. The molecule has 226 valence electrons. The van der Waals surface area contributed by atoms with E-state index in [1.54, 1.807) is 41.3 Å². The Morgan fingerprint density at radius 2 is 1.53 bits per heavy atom. The van der Waals surface area contributed by atoms with E-state index in [9.17, 15) is 18.0 Å². The monoisotopic (exact) mass is 622 g/mol. The number of thiazole rings is 1. The number of ether oxygens (including phenoxy) is 2. The number of nitrogens with one attached hydrogen (secondary N) is 2. The molecule has 2 N–H and O–H groups in total. The normalized spacial score (nSPS) is 11.1. The van der Waals surface area contributed by atoms with E-state index in [-0.39, 0.29) is 24.7 Å². The average molecular weight is 623 g/mol. The van der Waals surface area contributed by atoms with E-state index in [2.05, 4.69) is 9.71 Å². The lowest BCUT2D eigenvalue weighted by molar-refractivity contribution is 0.0740. The number of benzene rings is 3. The minimum Gasteiger partial charge on any atom is -0.496 e. The van der Waals surface area contributed by atoms with Gasteiger partial charge in [0.2, 0.25) is 0 Å². The van der Waals surface area contributed by atoms with E-state index in [0.29, 0.717) is 35.0 Å². The van der Waals surface area contributed by atoms with Crippen molar-refractivity contribution in [3.63, 3.8) is 0 Å². The highest BCUT2D eigenvalue weighted by molar-refractivity contribution is 7.88. The Morgan fingerprint density at radius 3 is 2.14 bits per heavy atom. The highest BCUT2D eigenvalue weighted by Gasteiger charge is 2.23. The second-order valence-corrected chi connectivity index (χ2v) is 12.1. The van der Waals surface area contributed by atoms with Gasteiger partial charge in [0.1, 0.15) is 22.2 Å². The molecule has 12 heteroatoms. The molecule has 0 saturated heterocycles. The van der Waals surface area contributed by atoms with E-state index in [1.165, 1.54) is 30.9 Å². The van der Waals surface area contributed by atoms with E-state index in [1.807, 2.05) is 48.0 Å². The smallest absolute Gasteiger partial charge is 0.301 e. The second-order valence-electron chi connectivity index (χ2n) is 9.69. The van der Waals surface area contributed by atoms with Crippen molar-refractivity contribution < 1.29 is 27.5 Å². The fourth-order valence-electron chi connectivity index (χ4n) is 4.40. The van der Waals surface area contributed by atoms with Gasteiger partial charge in [-0.1, -0.05) is 60.7 Å². The molecule has 0 unspecified atom stereocenters. The first-order valence-corrected chi connectivity index (χ1v) is 15.9. The lowest BCUT2D eigenvalue weighted by atomic mass is 10.1. The van der Waals surface area contributed by atoms with Crippen LogP contribution in [0.4, 0.5) is 0 Å². The van der Waals surface area contributed by atoms with Gasteiger partial charge in [-0.05, 0) is 43.0 Å². The van der Waals surface area contributed by atoms with Crippen LogP contribution in [-0.4, -0.2) is 50.9 Å². The first-order chi connectivity index (χ1) is 20.7. The number of carbonyl (C=O) groups excluding carboxylic acids is 2. The molecule has 1 heterocycles. The summed E-state index contributed by atoms with van der Waals surface area (Å²) >= 11 is 1.17. The Morgan fingerprint density at radius 1 is 0.930 bits per heavy atom. The third kappa shape index (κ3) is 8.87. The second kappa shape index (κ2) is 14.8. The van der Waals surface area contributed by atoms with Gasteiger partial charge in [-0.3, -0.25) is 9.59 Å². The summed E-state index contributed by atoms with van der Waals surface area (Å²) in [5, 5.41) is 1.96. The molecule has 0 aliphatic rings. The van der Waals surface area contributed by atoms with Crippen molar-refractivity contribution in [1.29, 1.82) is 0 Å². The average Bonchev–Trinajstić information content (AvgIpc) is 3.49. The molecule has 0 spiro atoms. The summed E-state index contributed by atoms with van der Waals surface area (Å²) in [5.74, 6) is -0.0546. The van der Waals surface area contributed by atoms with E-state index >= 15 is 0 Å². The molecule has 0 saturated carbocycles. The van der Waals surface area contributed by atoms with Crippen LogP contribution in [0.25, 0.3) is 0 Å². The van der Waals surface area contributed by atoms with E-state index in [4.69, 9.17) is 9.47 Å². The fourth-order valence-corrected chi connectivity index (χ4v) is 5.97. The number of rotatable bonds is 14. The van der Waals surface area contributed by atoms with E-state index < -0.39 is 16.1 Å². The zero-order chi connectivity index (χ0) is 30.8. The molecule has 0 aliphatic carbocycles. The molecular formula is C31H34N4O6S2. The van der Waals surface area contributed by atoms with Crippen molar-refractivity contribution in [2.75, 3.05) is 20.8 Å². The Bertz CT molecular complexity index is 1620. The summed E-state index contributed by atoms with van der Waals surface area (Å²) in [7, 11) is -1.05. The van der Waals surface area contributed by atoms with Crippen LogP contribution in [0.1, 0.15) is 49.0 Å². The number of carbonyl (C=O) groups is 2. The lowest BCUT2D eigenvalue weighted by Crippen LogP contribution is -2.40. The van der Waals surface area contributed by atoms with Crippen molar-refractivity contribution in [1.82, 2.24) is 19.3 Å². The van der Waals surface area contributed by atoms with Crippen LogP contribution >= 0.6 is 11.3 Å². The number of methoxy groups -OCH3 is 2. The zero-order valence-electron chi connectivity index (χ0n) is 24.2. The first kappa shape index (κ1) is 31.7. The van der Waals surface area contributed by atoms with Crippen LogP contribution in [-0.2, 0) is 29.7 Å². The molecule has 2 amide bonds. The maximum atomic E-state index is 13.8. The summed E-state index contributed by atoms with van der Waals surface area (Å²) < 4.78 is 40.2. The molecule has 4 aromatic rings. The van der Waals surface area contributed by atoms with Gasteiger partial charge in [-0.25, -0.2) is 9.71 Å². The van der Waals surface area contributed by atoms with Gasteiger partial charge in [-0.15, -0.1) is 11.3 Å². The Labute approximate surface area is 255 Å². The Balaban J connectivity index is 1.48. The maximum Gasteiger partial charge on any atom is 0.301 e. The molecular weight excluding hydrogens is 588 g/mol. The van der Waals surface area contributed by atoms with Crippen LogP contribution in [0.3, 0.4) is 0 Å². The molecule has 0 aliphatic heterocycles. The SMILES string of the molecule is COc1cc(C(=O)N(CCCc2ccccc2)Cc2nc(C(=O)NS(=O)(=O)NCc3ccccc3)cs2)cc(OC)c1C. The summed E-state index contributed by atoms with van der Waals surface area (Å²) in [6.45, 7) is 2.43. The van der Waals surface area contributed by atoms with Gasteiger partial charge in [0.25, 0.3) is 11.8 Å². The molecule has 0 atom stereocenters. The van der Waals surface area contributed by atoms with Crippen molar-refractivity contribution in [3.05, 3.63) is 111 Å². The largest absolute Gasteiger partial charge is 0.496 e.